The highest BCUT2D eigenvalue weighted by atomic mass is 19.4. The minimum Gasteiger partial charge on any atom is -0.493 e. The van der Waals surface area contributed by atoms with Crippen molar-refractivity contribution in [1.29, 1.82) is 0 Å². The maximum atomic E-state index is 11.9. The van der Waals surface area contributed by atoms with Crippen molar-refractivity contribution in [3.8, 4) is 5.75 Å². The van der Waals surface area contributed by atoms with E-state index in [1.54, 1.807) is 0 Å². The molecule has 0 fully saturated rings. The van der Waals surface area contributed by atoms with Crippen molar-refractivity contribution >= 4 is 0 Å². The van der Waals surface area contributed by atoms with E-state index in [0.29, 0.717) is 6.42 Å². The van der Waals surface area contributed by atoms with Crippen LogP contribution in [-0.4, -0.2) is 26.0 Å². The summed E-state index contributed by atoms with van der Waals surface area (Å²) in [5.41, 5.74) is 7.99. The molecule has 1 aliphatic rings. The molecule has 0 saturated heterocycles. The molecule has 112 valence electrons. The molecule has 1 aromatic rings. The monoisotopic (exact) mass is 289 g/mol. The lowest BCUT2D eigenvalue weighted by Gasteiger charge is -2.20. The molecule has 20 heavy (non-hydrogen) atoms. The molecule has 1 heterocycles. The standard InChI is InChI=1S/C14H18F3NO2/c15-14(16,17)9-19-7-5-12(18)10-3-4-13-11(8-10)2-1-6-20-13/h3-4,8,12H,1-2,5-7,9,18H2. The fraction of sp³-hybridized carbons (Fsp3) is 0.571. The Morgan fingerprint density at radius 2 is 2.15 bits per heavy atom. The summed E-state index contributed by atoms with van der Waals surface area (Å²) in [4.78, 5) is 0. The summed E-state index contributed by atoms with van der Waals surface area (Å²) in [5, 5.41) is 0. The van der Waals surface area contributed by atoms with Gasteiger partial charge in [-0.05, 0) is 36.5 Å². The highest BCUT2D eigenvalue weighted by molar-refractivity contribution is 5.39. The van der Waals surface area contributed by atoms with Gasteiger partial charge in [0.05, 0.1) is 6.61 Å². The van der Waals surface area contributed by atoms with Crippen LogP contribution in [0.1, 0.15) is 30.0 Å². The lowest BCUT2D eigenvalue weighted by molar-refractivity contribution is -0.174. The van der Waals surface area contributed by atoms with Crippen LogP contribution in [-0.2, 0) is 11.2 Å². The van der Waals surface area contributed by atoms with Crippen LogP contribution in [0.4, 0.5) is 13.2 Å². The van der Waals surface area contributed by atoms with E-state index in [0.717, 1.165) is 36.3 Å². The number of hydrogen-bond donors (Lipinski definition) is 1. The molecule has 6 heteroatoms. The average molecular weight is 289 g/mol. The van der Waals surface area contributed by atoms with Crippen molar-refractivity contribution < 1.29 is 22.6 Å². The molecule has 2 rings (SSSR count). The van der Waals surface area contributed by atoms with Gasteiger partial charge in [0.15, 0.2) is 0 Å². The summed E-state index contributed by atoms with van der Waals surface area (Å²) in [5.74, 6) is 0.875. The highest BCUT2D eigenvalue weighted by Crippen LogP contribution is 2.28. The number of hydrogen-bond acceptors (Lipinski definition) is 3. The Hall–Kier alpha value is -1.27. The lowest BCUT2D eigenvalue weighted by atomic mass is 9.98. The third-order valence-corrected chi connectivity index (χ3v) is 3.20. The number of halogens is 3. The molecule has 1 atom stereocenters. The second-order valence-electron chi connectivity index (χ2n) is 4.88. The number of nitrogens with two attached hydrogens (primary N) is 1. The summed E-state index contributed by atoms with van der Waals surface area (Å²) in [6.45, 7) is -0.504. The Morgan fingerprint density at radius 1 is 1.35 bits per heavy atom. The minimum absolute atomic E-state index is 0.00569. The summed E-state index contributed by atoms with van der Waals surface area (Å²) in [6.07, 6.45) is -2.01. The first kappa shape index (κ1) is 15.1. The zero-order valence-electron chi connectivity index (χ0n) is 11.1. The van der Waals surface area contributed by atoms with Crippen molar-refractivity contribution in [2.75, 3.05) is 19.8 Å². The molecular weight excluding hydrogens is 271 g/mol. The molecule has 2 N–H and O–H groups in total. The van der Waals surface area contributed by atoms with E-state index in [9.17, 15) is 13.2 Å². The molecule has 1 aromatic carbocycles. The summed E-state index contributed by atoms with van der Waals surface area (Å²) < 4.78 is 45.8. The summed E-state index contributed by atoms with van der Waals surface area (Å²) in [6, 6.07) is 5.39. The zero-order valence-corrected chi connectivity index (χ0v) is 11.1. The van der Waals surface area contributed by atoms with Gasteiger partial charge < -0.3 is 15.2 Å². The van der Waals surface area contributed by atoms with Gasteiger partial charge >= 0.3 is 6.18 Å². The first-order chi connectivity index (χ1) is 9.46. The van der Waals surface area contributed by atoms with E-state index < -0.39 is 12.8 Å². The van der Waals surface area contributed by atoms with E-state index in [4.69, 9.17) is 10.5 Å². The quantitative estimate of drug-likeness (QED) is 0.848. The number of fused-ring (bicyclic) bond motifs is 1. The lowest BCUT2D eigenvalue weighted by Crippen LogP contribution is -2.20. The fourth-order valence-electron chi connectivity index (χ4n) is 2.18. The van der Waals surface area contributed by atoms with E-state index >= 15 is 0 Å². The predicted molar refractivity (Wildman–Crippen MR) is 68.7 cm³/mol. The number of rotatable bonds is 5. The Labute approximate surface area is 115 Å². The van der Waals surface area contributed by atoms with E-state index in [-0.39, 0.29) is 12.6 Å². The van der Waals surface area contributed by atoms with E-state index in [2.05, 4.69) is 4.74 Å². The average Bonchev–Trinajstić information content (AvgIpc) is 2.42. The molecule has 0 bridgehead atoms. The van der Waals surface area contributed by atoms with Gasteiger partial charge in [-0.15, -0.1) is 0 Å². The number of aryl methyl sites for hydroxylation is 1. The summed E-state index contributed by atoms with van der Waals surface area (Å²) in [7, 11) is 0. The van der Waals surface area contributed by atoms with E-state index in [1.165, 1.54) is 0 Å². The molecule has 0 saturated carbocycles. The normalized spacial score (nSPS) is 16.4. The van der Waals surface area contributed by atoms with Crippen LogP contribution in [0, 0.1) is 0 Å². The van der Waals surface area contributed by atoms with Crippen molar-refractivity contribution in [2.45, 2.75) is 31.5 Å². The van der Waals surface area contributed by atoms with Gasteiger partial charge in [0.1, 0.15) is 12.4 Å². The largest absolute Gasteiger partial charge is 0.493 e. The van der Waals surface area contributed by atoms with Crippen LogP contribution in [0.2, 0.25) is 0 Å². The molecule has 0 aliphatic carbocycles. The number of ether oxygens (including phenoxy) is 2. The molecule has 0 aromatic heterocycles. The molecule has 0 spiro atoms. The van der Waals surface area contributed by atoms with Gasteiger partial charge in [0.25, 0.3) is 0 Å². The van der Waals surface area contributed by atoms with Crippen LogP contribution >= 0.6 is 0 Å². The zero-order chi connectivity index (χ0) is 14.6. The Morgan fingerprint density at radius 3 is 2.90 bits per heavy atom. The molecule has 0 radical (unpaired) electrons. The number of benzene rings is 1. The molecular formula is C14H18F3NO2. The van der Waals surface area contributed by atoms with Crippen LogP contribution in [0.25, 0.3) is 0 Å². The SMILES string of the molecule is NC(CCOCC(F)(F)F)c1ccc2c(c1)CCCO2. The van der Waals surface area contributed by atoms with Gasteiger partial charge in [0.2, 0.25) is 0 Å². The topological polar surface area (TPSA) is 44.5 Å². The third-order valence-electron chi connectivity index (χ3n) is 3.20. The maximum Gasteiger partial charge on any atom is 0.411 e. The van der Waals surface area contributed by atoms with Gasteiger partial charge in [-0.2, -0.15) is 13.2 Å². The molecule has 0 amide bonds. The second kappa shape index (κ2) is 6.45. The van der Waals surface area contributed by atoms with Gasteiger partial charge in [-0.1, -0.05) is 12.1 Å². The van der Waals surface area contributed by atoms with Gasteiger partial charge in [-0.25, -0.2) is 0 Å². The van der Waals surface area contributed by atoms with E-state index in [1.807, 2.05) is 18.2 Å². The molecule has 3 nitrogen and oxygen atoms in total. The van der Waals surface area contributed by atoms with Crippen LogP contribution in [0.3, 0.4) is 0 Å². The molecule has 1 aliphatic heterocycles. The first-order valence-corrected chi connectivity index (χ1v) is 6.61. The van der Waals surface area contributed by atoms with Crippen LogP contribution < -0.4 is 10.5 Å². The van der Waals surface area contributed by atoms with Gasteiger partial charge in [-0.3, -0.25) is 0 Å². The smallest absolute Gasteiger partial charge is 0.411 e. The number of alkyl halides is 3. The second-order valence-corrected chi connectivity index (χ2v) is 4.88. The predicted octanol–water partition coefficient (Wildman–Crippen LogP) is 2.98. The summed E-state index contributed by atoms with van der Waals surface area (Å²) >= 11 is 0. The molecule has 1 unspecified atom stereocenters. The van der Waals surface area contributed by atoms with Crippen LogP contribution in [0.5, 0.6) is 5.75 Å². The minimum atomic E-state index is -4.28. The Balaban J connectivity index is 1.84. The van der Waals surface area contributed by atoms with Crippen molar-refractivity contribution in [3.05, 3.63) is 29.3 Å². The Bertz CT molecular complexity index is 449. The third kappa shape index (κ3) is 4.38. The highest BCUT2D eigenvalue weighted by Gasteiger charge is 2.27. The first-order valence-electron chi connectivity index (χ1n) is 6.61. The van der Waals surface area contributed by atoms with Crippen molar-refractivity contribution in [3.63, 3.8) is 0 Å². The van der Waals surface area contributed by atoms with Crippen LogP contribution in [0.15, 0.2) is 18.2 Å². The van der Waals surface area contributed by atoms with Crippen molar-refractivity contribution in [2.24, 2.45) is 5.73 Å². The fourth-order valence-corrected chi connectivity index (χ4v) is 2.18. The van der Waals surface area contributed by atoms with Gasteiger partial charge in [0, 0.05) is 12.6 Å². The Kier molecular flexibility index (Phi) is 4.88. The van der Waals surface area contributed by atoms with Crippen molar-refractivity contribution in [1.82, 2.24) is 0 Å². The maximum absolute atomic E-state index is 11.9.